The lowest BCUT2D eigenvalue weighted by Crippen LogP contribution is -2.04. The van der Waals surface area contributed by atoms with Gasteiger partial charge in [0.1, 0.15) is 0 Å². The van der Waals surface area contributed by atoms with E-state index in [0.29, 0.717) is 28.7 Å². The minimum Gasteiger partial charge on any atom is -0.309 e. The zero-order valence-electron chi connectivity index (χ0n) is 35.3. The van der Waals surface area contributed by atoms with Crippen LogP contribution >= 0.6 is 0 Å². The van der Waals surface area contributed by atoms with Gasteiger partial charge >= 0.3 is 0 Å². The van der Waals surface area contributed by atoms with Gasteiger partial charge in [0.25, 0.3) is 0 Å². The molecule has 7 nitrogen and oxygen atoms in total. The fourth-order valence-electron chi connectivity index (χ4n) is 9.47. The largest absolute Gasteiger partial charge is 0.309 e. The Morgan fingerprint density at radius 3 is 1.68 bits per heavy atom. The average Bonchev–Trinajstić information content (AvgIpc) is 3.91. The van der Waals surface area contributed by atoms with E-state index in [-0.39, 0.29) is 0 Å². The number of para-hydroxylation sites is 3. The Kier molecular flexibility index (Phi) is 9.12. The smallest absolute Gasteiger partial charge is 0.188 e. The maximum atomic E-state index is 10.3. The molecule has 7 heteroatoms. The Morgan fingerprint density at radius 1 is 0.409 bits per heavy atom. The number of rotatable bonds is 7. The molecule has 9 aromatic carbocycles. The molecule has 0 saturated heterocycles. The van der Waals surface area contributed by atoms with E-state index in [2.05, 4.69) is 154 Å². The molecule has 12 aromatic rings. The molecule has 12 rings (SSSR count). The van der Waals surface area contributed by atoms with Gasteiger partial charge in [-0.3, -0.25) is 0 Å². The van der Waals surface area contributed by atoms with Gasteiger partial charge in [-0.2, -0.15) is 5.26 Å². The molecule has 0 N–H and O–H groups in total. The van der Waals surface area contributed by atoms with E-state index in [1.54, 1.807) is 12.1 Å². The van der Waals surface area contributed by atoms with Crippen molar-refractivity contribution >= 4 is 49.3 Å². The molecule has 0 unspecified atom stereocenters. The van der Waals surface area contributed by atoms with Gasteiger partial charge < -0.3 is 9.13 Å². The standard InChI is InChI=1S/C59H35N7/c1-61-43-30-32-45(42(34-43)37-60)41-28-31-48-47-22-11-13-25-51(47)66(55(48)36-41)53-33-29-40(46-24-15-27-54-56(46)49-23-12-14-26-52(49)65(54)44-20-9-4-10-21-44)35-50(53)59-63-57(38-16-5-2-6-17-38)62-58(64-59)39-18-7-3-8-19-39/h2-36H. The topological polar surface area (TPSA) is 76.7 Å². The van der Waals surface area contributed by atoms with Crippen LogP contribution in [0.3, 0.4) is 0 Å². The zero-order chi connectivity index (χ0) is 44.1. The van der Waals surface area contributed by atoms with E-state index >= 15 is 0 Å². The second-order valence-corrected chi connectivity index (χ2v) is 16.2. The molecule has 0 bridgehead atoms. The molecule has 3 heterocycles. The summed E-state index contributed by atoms with van der Waals surface area (Å²) in [4.78, 5) is 19.3. The molecule has 0 aliphatic carbocycles. The molecular formula is C59H35N7. The number of benzene rings is 9. The predicted octanol–water partition coefficient (Wildman–Crippen LogP) is 14.8. The van der Waals surface area contributed by atoms with Crippen LogP contribution in [0.4, 0.5) is 5.69 Å². The lowest BCUT2D eigenvalue weighted by atomic mass is 9.96. The highest BCUT2D eigenvalue weighted by Crippen LogP contribution is 2.43. The minimum absolute atomic E-state index is 0.428. The van der Waals surface area contributed by atoms with Crippen molar-refractivity contribution < 1.29 is 0 Å². The Bertz CT molecular complexity index is 3890. The van der Waals surface area contributed by atoms with Gasteiger partial charge in [-0.15, -0.1) is 0 Å². The van der Waals surface area contributed by atoms with Crippen LogP contribution in [0, 0.1) is 17.9 Å². The van der Waals surface area contributed by atoms with Crippen LogP contribution in [0.15, 0.2) is 212 Å². The Morgan fingerprint density at radius 2 is 0.985 bits per heavy atom. The molecule has 0 atom stereocenters. The summed E-state index contributed by atoms with van der Waals surface area (Å²) in [6, 6.07) is 74.9. The van der Waals surface area contributed by atoms with Crippen molar-refractivity contribution in [3.05, 3.63) is 229 Å². The fraction of sp³-hybridized carbons (Fsp3) is 0. The summed E-state index contributed by atoms with van der Waals surface area (Å²) >= 11 is 0. The first-order valence-corrected chi connectivity index (χ1v) is 21.7. The lowest BCUT2D eigenvalue weighted by molar-refractivity contribution is 1.06. The molecule has 306 valence electrons. The molecule has 0 radical (unpaired) electrons. The molecule has 0 amide bonds. The summed E-state index contributed by atoms with van der Waals surface area (Å²) in [6.07, 6.45) is 0. The molecule has 0 aliphatic rings. The fourth-order valence-corrected chi connectivity index (χ4v) is 9.47. The highest BCUT2D eigenvalue weighted by atomic mass is 15.1. The Balaban J connectivity index is 1.17. The van der Waals surface area contributed by atoms with Crippen LogP contribution in [0.1, 0.15) is 5.56 Å². The third-order valence-electron chi connectivity index (χ3n) is 12.4. The molecule has 66 heavy (non-hydrogen) atoms. The number of nitrogens with zero attached hydrogens (tertiary/aromatic N) is 7. The van der Waals surface area contributed by atoms with Crippen LogP contribution < -0.4 is 0 Å². The second-order valence-electron chi connectivity index (χ2n) is 16.2. The van der Waals surface area contributed by atoms with Crippen LogP contribution in [0.5, 0.6) is 0 Å². The second kappa shape index (κ2) is 15.7. The van der Waals surface area contributed by atoms with E-state index in [4.69, 9.17) is 21.5 Å². The van der Waals surface area contributed by atoms with Gasteiger partial charge in [0.05, 0.1) is 40.4 Å². The number of aromatic nitrogens is 5. The summed E-state index contributed by atoms with van der Waals surface area (Å²) in [5.41, 5.74) is 13.4. The number of fused-ring (bicyclic) bond motifs is 6. The van der Waals surface area contributed by atoms with Crippen molar-refractivity contribution in [2.45, 2.75) is 0 Å². The maximum absolute atomic E-state index is 10.3. The van der Waals surface area contributed by atoms with Gasteiger partial charge in [-0.25, -0.2) is 19.8 Å². The predicted molar refractivity (Wildman–Crippen MR) is 267 cm³/mol. The van der Waals surface area contributed by atoms with Crippen LogP contribution in [-0.4, -0.2) is 24.1 Å². The van der Waals surface area contributed by atoms with Gasteiger partial charge in [0, 0.05) is 49.5 Å². The first-order chi connectivity index (χ1) is 32.6. The summed E-state index contributed by atoms with van der Waals surface area (Å²) in [7, 11) is 0. The molecule has 0 saturated carbocycles. The van der Waals surface area contributed by atoms with Crippen molar-refractivity contribution in [2.75, 3.05) is 0 Å². The highest BCUT2D eigenvalue weighted by Gasteiger charge is 2.23. The third kappa shape index (κ3) is 6.31. The number of hydrogen-bond acceptors (Lipinski definition) is 4. The van der Waals surface area contributed by atoms with E-state index in [1.807, 2.05) is 66.7 Å². The molecule has 0 fully saturated rings. The van der Waals surface area contributed by atoms with Crippen molar-refractivity contribution in [1.29, 1.82) is 5.26 Å². The molecule has 0 spiro atoms. The molecule has 0 aliphatic heterocycles. The van der Waals surface area contributed by atoms with Gasteiger partial charge in [0.15, 0.2) is 23.2 Å². The van der Waals surface area contributed by atoms with E-state index < -0.39 is 0 Å². The van der Waals surface area contributed by atoms with Gasteiger partial charge in [-0.05, 0) is 76.9 Å². The summed E-state index contributed by atoms with van der Waals surface area (Å²) < 4.78 is 4.64. The summed E-state index contributed by atoms with van der Waals surface area (Å²) in [6.45, 7) is 7.58. The number of nitriles is 1. The number of hydrogen-bond donors (Lipinski definition) is 0. The minimum atomic E-state index is 0.428. The van der Waals surface area contributed by atoms with Gasteiger partial charge in [0.2, 0.25) is 0 Å². The van der Waals surface area contributed by atoms with Crippen molar-refractivity contribution in [1.82, 2.24) is 24.1 Å². The maximum Gasteiger partial charge on any atom is 0.188 e. The highest BCUT2D eigenvalue weighted by molar-refractivity contribution is 6.16. The quantitative estimate of drug-likeness (QED) is 0.150. The molecule has 3 aromatic heterocycles. The van der Waals surface area contributed by atoms with Crippen LogP contribution in [0.25, 0.3) is 116 Å². The van der Waals surface area contributed by atoms with Gasteiger partial charge in [-0.1, -0.05) is 158 Å². The SMILES string of the molecule is [C-]#[N+]c1ccc(-c2ccc3c4ccccc4n(-c4ccc(-c5cccc6c5c5ccccc5n6-c5ccccc5)cc4-c4nc(-c5ccccc5)nc(-c5ccccc5)n4)c3c2)c(C#N)c1. The average molecular weight is 842 g/mol. The Hall–Kier alpha value is -9.43. The van der Waals surface area contributed by atoms with Crippen molar-refractivity contribution in [3.8, 4) is 73.9 Å². The van der Waals surface area contributed by atoms with Crippen molar-refractivity contribution in [2.24, 2.45) is 0 Å². The first-order valence-electron chi connectivity index (χ1n) is 21.7. The summed E-state index contributed by atoms with van der Waals surface area (Å²) in [5, 5.41) is 14.7. The lowest BCUT2D eigenvalue weighted by Gasteiger charge is -2.17. The van der Waals surface area contributed by atoms with Crippen LogP contribution in [0.2, 0.25) is 0 Å². The zero-order valence-corrected chi connectivity index (χ0v) is 35.3. The normalized spacial score (nSPS) is 11.3. The monoisotopic (exact) mass is 841 g/mol. The Labute approximate surface area is 380 Å². The first kappa shape index (κ1) is 38.3. The summed E-state index contributed by atoms with van der Waals surface area (Å²) in [5.74, 6) is 1.67. The van der Waals surface area contributed by atoms with Crippen LogP contribution in [-0.2, 0) is 0 Å². The van der Waals surface area contributed by atoms with Crippen molar-refractivity contribution in [3.63, 3.8) is 0 Å². The van der Waals surface area contributed by atoms with E-state index in [1.165, 1.54) is 0 Å². The molecular weight excluding hydrogens is 807 g/mol. The third-order valence-corrected chi connectivity index (χ3v) is 12.4. The van der Waals surface area contributed by atoms with E-state index in [9.17, 15) is 5.26 Å². The van der Waals surface area contributed by atoms with E-state index in [0.717, 1.165) is 93.9 Å².